The third-order valence-corrected chi connectivity index (χ3v) is 16.3. The zero-order valence-corrected chi connectivity index (χ0v) is 43.5. The van der Waals surface area contributed by atoms with Gasteiger partial charge in [-0.15, -0.1) is 0 Å². The lowest BCUT2D eigenvalue weighted by Gasteiger charge is -2.38. The summed E-state index contributed by atoms with van der Waals surface area (Å²) < 4.78 is 48.1. The number of aliphatic imine (C=N–C) groups is 2. The average Bonchev–Trinajstić information content (AvgIpc) is 4.31. The maximum absolute atomic E-state index is 17.1. The second-order valence-corrected chi connectivity index (χ2v) is 21.5. The van der Waals surface area contributed by atoms with Crippen LogP contribution in [0.5, 0.6) is 11.5 Å². The number of benzene rings is 3. The first-order valence-corrected chi connectivity index (χ1v) is 26.6. The molecule has 3 unspecified atom stereocenters. The molecule has 1 aromatic heterocycles. The van der Waals surface area contributed by atoms with Gasteiger partial charge in [-0.2, -0.15) is 0 Å². The first kappa shape index (κ1) is 50.2. The highest BCUT2D eigenvalue weighted by atomic mass is 19.1. The molecule has 2 N–H and O–H groups in total. The lowest BCUT2D eigenvalue weighted by Crippen LogP contribution is -2.56. The van der Waals surface area contributed by atoms with Crippen LogP contribution >= 0.6 is 0 Å². The van der Waals surface area contributed by atoms with Crippen molar-refractivity contribution in [2.45, 2.75) is 135 Å². The first-order valence-electron chi connectivity index (χ1n) is 26.6. The maximum Gasteiger partial charge on any atom is 0.407 e. The number of nitrogens with zero attached hydrogens (tertiary/aromatic N) is 5. The number of alkyl carbamates (subject to hydrolysis) is 2. The van der Waals surface area contributed by atoms with Crippen LogP contribution in [-0.4, -0.2) is 120 Å². The van der Waals surface area contributed by atoms with E-state index in [1.165, 1.54) is 14.2 Å². The largest absolute Gasteiger partial charge is 0.493 e. The Kier molecular flexibility index (Phi) is 13.8. The minimum atomic E-state index is -0.751. The number of likely N-dealkylation sites (tertiary alicyclic amines) is 2. The highest BCUT2D eigenvalue weighted by molar-refractivity contribution is 6.06. The SMILES string of the molecule is COC(=O)NC(C(=O)N1CCC[C@H]1C1=NC=C(c2ccc3c(c2)cc2n3C(c3ccc4c(c3)OCCC4)Oc3cc(C4=CN=C([C@@H]5CCCN5C(=O)[C@@H](NC(=O)OC)C(C)C)C4)cc(F)c3-2)C1)C1C[C@@H](C)O[C@@H](C)C1. The third kappa shape index (κ3) is 9.57. The van der Waals surface area contributed by atoms with Crippen LogP contribution in [0.1, 0.15) is 114 Å². The van der Waals surface area contributed by atoms with E-state index in [1.807, 2.05) is 61.9 Å². The fourth-order valence-electron chi connectivity index (χ4n) is 12.7. The summed E-state index contributed by atoms with van der Waals surface area (Å²) in [5.74, 6) is 0.227. The van der Waals surface area contributed by atoms with Crippen molar-refractivity contribution in [2.75, 3.05) is 33.9 Å². The van der Waals surface area contributed by atoms with E-state index in [1.54, 1.807) is 12.3 Å². The number of nitrogens with one attached hydrogen (secondary N) is 2. The molecule has 394 valence electrons. The number of amides is 4. The molecule has 3 fully saturated rings. The normalized spacial score (nSPS) is 24.7. The van der Waals surface area contributed by atoms with Crippen LogP contribution in [-0.2, 0) is 30.2 Å². The third-order valence-electron chi connectivity index (χ3n) is 16.3. The number of aromatic nitrogens is 1. The summed E-state index contributed by atoms with van der Waals surface area (Å²) in [7, 11) is 2.59. The molecule has 16 nitrogen and oxygen atoms in total. The van der Waals surface area contributed by atoms with Crippen LogP contribution in [0.3, 0.4) is 0 Å². The van der Waals surface area contributed by atoms with Crippen molar-refractivity contribution < 1.29 is 47.3 Å². The van der Waals surface area contributed by atoms with Crippen LogP contribution in [0, 0.1) is 17.7 Å². The molecule has 3 aromatic carbocycles. The van der Waals surface area contributed by atoms with Gasteiger partial charge in [0.1, 0.15) is 29.4 Å². The van der Waals surface area contributed by atoms with Gasteiger partial charge in [0.25, 0.3) is 0 Å². The summed E-state index contributed by atoms with van der Waals surface area (Å²) in [5, 5.41) is 6.50. The minimum absolute atomic E-state index is 0.0418. The number of methoxy groups -OCH3 is 2. The number of aryl methyl sites for hydroxylation is 1. The van der Waals surface area contributed by atoms with Crippen LogP contribution in [0.2, 0.25) is 0 Å². The van der Waals surface area contributed by atoms with Crippen molar-refractivity contribution in [1.29, 1.82) is 0 Å². The summed E-state index contributed by atoms with van der Waals surface area (Å²) in [6.07, 6.45) is 8.90. The topological polar surface area (TPSA) is 175 Å². The van der Waals surface area contributed by atoms with Crippen molar-refractivity contribution in [3.05, 3.63) is 95.1 Å². The molecule has 4 amide bonds. The molecule has 11 rings (SSSR count). The van der Waals surface area contributed by atoms with Crippen LogP contribution in [0.15, 0.2) is 77.0 Å². The number of halogens is 1. The van der Waals surface area contributed by atoms with Gasteiger partial charge >= 0.3 is 12.2 Å². The Labute approximate surface area is 436 Å². The van der Waals surface area contributed by atoms with Gasteiger partial charge in [0, 0.05) is 60.7 Å². The Balaban J connectivity index is 0.863. The first-order chi connectivity index (χ1) is 36.3. The van der Waals surface area contributed by atoms with Crippen LogP contribution < -0.4 is 20.1 Å². The quantitative estimate of drug-likeness (QED) is 0.148. The van der Waals surface area contributed by atoms with Gasteiger partial charge in [0.15, 0.2) is 0 Å². The van der Waals surface area contributed by atoms with Gasteiger partial charge in [0.05, 0.1) is 61.9 Å². The Hall–Kier alpha value is -7.01. The second-order valence-electron chi connectivity index (χ2n) is 21.5. The van der Waals surface area contributed by atoms with Gasteiger partial charge in [-0.25, -0.2) is 14.0 Å². The smallest absolute Gasteiger partial charge is 0.407 e. The van der Waals surface area contributed by atoms with Crippen molar-refractivity contribution in [3.8, 4) is 22.8 Å². The van der Waals surface area contributed by atoms with Crippen molar-refractivity contribution in [1.82, 2.24) is 25.0 Å². The van der Waals surface area contributed by atoms with Crippen LogP contribution in [0.25, 0.3) is 33.3 Å². The molecular formula is C58H66FN7O9. The number of hydrogen-bond acceptors (Lipinski definition) is 11. The Morgan fingerprint density at radius 2 is 1.43 bits per heavy atom. The summed E-state index contributed by atoms with van der Waals surface area (Å²) >= 11 is 0. The van der Waals surface area contributed by atoms with Crippen molar-refractivity contribution in [2.24, 2.45) is 21.8 Å². The van der Waals surface area contributed by atoms with Crippen LogP contribution in [0.4, 0.5) is 14.0 Å². The van der Waals surface area contributed by atoms with Gasteiger partial charge in [0.2, 0.25) is 18.0 Å². The molecular weight excluding hydrogens is 958 g/mol. The summed E-state index contributed by atoms with van der Waals surface area (Å²) in [4.78, 5) is 66.7. The monoisotopic (exact) mass is 1020 g/mol. The molecule has 4 aromatic rings. The molecule has 7 aliphatic rings. The lowest BCUT2D eigenvalue weighted by molar-refractivity contribution is -0.137. The molecule has 0 radical (unpaired) electrons. The molecule has 0 saturated carbocycles. The zero-order chi connectivity index (χ0) is 52.2. The summed E-state index contributed by atoms with van der Waals surface area (Å²) in [6, 6.07) is 16.0. The van der Waals surface area contributed by atoms with E-state index >= 15 is 4.39 Å². The van der Waals surface area contributed by atoms with E-state index in [9.17, 15) is 19.2 Å². The molecule has 8 heterocycles. The van der Waals surface area contributed by atoms with Crippen molar-refractivity contribution >= 4 is 57.5 Å². The van der Waals surface area contributed by atoms with Gasteiger partial charge < -0.3 is 48.7 Å². The molecule has 3 saturated heterocycles. The molecule has 7 aliphatic heterocycles. The summed E-state index contributed by atoms with van der Waals surface area (Å²) in [6.45, 7) is 9.52. The van der Waals surface area contributed by atoms with E-state index in [4.69, 9.17) is 33.7 Å². The Bertz CT molecular complexity index is 3080. The highest BCUT2D eigenvalue weighted by Crippen LogP contribution is 2.48. The van der Waals surface area contributed by atoms with E-state index in [0.717, 1.165) is 94.4 Å². The van der Waals surface area contributed by atoms with E-state index < -0.39 is 36.3 Å². The number of rotatable bonds is 11. The maximum atomic E-state index is 17.1. The molecule has 8 atom stereocenters. The number of fused-ring (bicyclic) bond motifs is 6. The minimum Gasteiger partial charge on any atom is -0.493 e. The number of carbonyl (C=O) groups excluding carboxylic acids is 4. The van der Waals surface area contributed by atoms with Gasteiger partial charge in [-0.3, -0.25) is 19.6 Å². The van der Waals surface area contributed by atoms with Gasteiger partial charge in [-0.1, -0.05) is 32.0 Å². The fraction of sp³-hybridized carbons (Fsp3) is 0.483. The summed E-state index contributed by atoms with van der Waals surface area (Å²) in [5.41, 5.74) is 9.07. The van der Waals surface area contributed by atoms with E-state index in [2.05, 4.69) is 45.5 Å². The highest BCUT2D eigenvalue weighted by Gasteiger charge is 2.43. The fourth-order valence-corrected chi connectivity index (χ4v) is 12.7. The predicted molar refractivity (Wildman–Crippen MR) is 282 cm³/mol. The second kappa shape index (κ2) is 20.6. The van der Waals surface area contributed by atoms with E-state index in [-0.39, 0.29) is 47.9 Å². The predicted octanol–water partition coefficient (Wildman–Crippen LogP) is 9.37. The Morgan fingerprint density at radius 1 is 0.760 bits per heavy atom. The molecule has 0 bridgehead atoms. The lowest BCUT2D eigenvalue weighted by atomic mass is 9.85. The average molecular weight is 1020 g/mol. The Morgan fingerprint density at radius 3 is 2.11 bits per heavy atom. The number of allylic oxidation sites excluding steroid dienone is 2. The number of carbonyl (C=O) groups is 4. The number of ether oxygens (including phenoxy) is 5. The van der Waals surface area contributed by atoms with Gasteiger partial charge in [-0.05, 0) is 141 Å². The van der Waals surface area contributed by atoms with E-state index in [0.29, 0.717) is 68.0 Å². The molecule has 17 heteroatoms. The molecule has 0 spiro atoms. The van der Waals surface area contributed by atoms with Crippen molar-refractivity contribution in [3.63, 3.8) is 0 Å². The standard InChI is InChI=1S/C58H66FN7O9/c1-31(2)52(62-57(69)71-5)54(67)64-17-7-11-46(64)44-25-41(30-61-44)37-23-42(59)51-48-26-38-22-35(15-16-45(38)66(48)56(75-50(51)28-37)36-14-13-34-10-9-19-73-49(34)27-36)40-24-43(60-29-40)47-12-8-18-65(47)55(68)53(63-58(70)72-6)39-20-32(3)74-33(4)21-39/h13-16,22-23,26-33,39,46-47,52-53,56H,7-12,17-21,24-25H2,1-6H3,(H,62,69)(H,63,70)/t32-,33+,39?,46-,47-,52-,53?,56?/m0/s1. The zero-order valence-electron chi connectivity index (χ0n) is 43.5. The number of hydrogen-bond donors (Lipinski definition) is 2. The molecule has 0 aliphatic carbocycles. The molecule has 75 heavy (non-hydrogen) atoms.